The van der Waals surface area contributed by atoms with Crippen molar-refractivity contribution in [1.82, 2.24) is 0 Å². The summed E-state index contributed by atoms with van der Waals surface area (Å²) in [5, 5.41) is 24.7. The minimum Gasteiger partial charge on any atom is -0.463 e. The zero-order valence-corrected chi connectivity index (χ0v) is 43.3. The molecule has 10 atom stereocenters. The molecule has 64 heavy (non-hydrogen) atoms. The van der Waals surface area contributed by atoms with Gasteiger partial charge in [-0.25, -0.2) is 4.79 Å². The van der Waals surface area contributed by atoms with E-state index in [9.17, 15) is 24.6 Å². The predicted octanol–water partition coefficient (Wildman–Crippen LogP) is 11.1. The number of carbonyl (C=O) groups excluding carboxylic acids is 4. The molecular formula is C54H90O10. The summed E-state index contributed by atoms with van der Waals surface area (Å²) >= 11 is 0. The van der Waals surface area contributed by atoms with Gasteiger partial charge in [-0.3, -0.25) is 14.4 Å². The monoisotopic (exact) mass is 899 g/mol. The Morgan fingerprint density at radius 1 is 0.844 bits per heavy atom. The van der Waals surface area contributed by atoms with Gasteiger partial charge in [0.25, 0.3) is 0 Å². The van der Waals surface area contributed by atoms with Gasteiger partial charge in [0.1, 0.15) is 11.2 Å². The van der Waals surface area contributed by atoms with Gasteiger partial charge in [-0.15, -0.1) is 0 Å². The maximum atomic E-state index is 15.2. The Balaban J connectivity index is 1.51. The lowest BCUT2D eigenvalue weighted by molar-refractivity contribution is -0.225. The van der Waals surface area contributed by atoms with Crippen LogP contribution in [0, 0.1) is 68.0 Å². The summed E-state index contributed by atoms with van der Waals surface area (Å²) in [4.78, 5) is 57.6. The smallest absolute Gasteiger partial charge is 0.347 e. The van der Waals surface area contributed by atoms with Gasteiger partial charge in [0.2, 0.25) is 6.10 Å². The van der Waals surface area contributed by atoms with E-state index in [-0.39, 0.29) is 48.6 Å². The Morgan fingerprint density at radius 3 is 1.91 bits per heavy atom. The van der Waals surface area contributed by atoms with Crippen LogP contribution in [0.15, 0.2) is 12.2 Å². The number of hydrogen-bond acceptors (Lipinski definition) is 10. The number of hydrogen-bond donors (Lipinski definition) is 2. The number of rotatable bonds is 16. The van der Waals surface area contributed by atoms with E-state index in [0.717, 1.165) is 56.9 Å². The molecule has 0 aromatic rings. The fraction of sp³-hybridized carbons (Fsp3) is 0.889. The number of esters is 4. The van der Waals surface area contributed by atoms with Crippen LogP contribution >= 0.6 is 0 Å². The lowest BCUT2D eigenvalue weighted by atomic mass is 9.50. The Hall–Kier alpha value is -2.46. The van der Waals surface area contributed by atoms with Gasteiger partial charge >= 0.3 is 23.9 Å². The number of cyclic esters (lactones) is 1. The van der Waals surface area contributed by atoms with Gasteiger partial charge in [-0.05, 0) is 131 Å². The molecule has 1 saturated heterocycles. The first-order valence-corrected chi connectivity index (χ1v) is 24.8. The number of aliphatic hydroxyl groups is 2. The van der Waals surface area contributed by atoms with Crippen molar-refractivity contribution in [3.05, 3.63) is 12.2 Å². The molecule has 366 valence electrons. The molecule has 0 spiro atoms. The van der Waals surface area contributed by atoms with E-state index >= 15 is 4.79 Å². The molecular weight excluding hydrogens is 809 g/mol. The standard InChI is InChI=1S/C54H90O10/c1-19-37-23-33(2)22-34(3)52(37,18)64-44(58)50(16,31-45(4,5)6)49(14,15)51(17,59)30-39(41(55)62-40-20-21-61-43(40)57)48(12,13)47(10,11)29-38(46(7,8)9)42(56)63-54-27-35-24-36(28-54)26-53(60,25-35)32-54/h34-40,59-60H,2,19-32H2,1,3-18H3. The van der Waals surface area contributed by atoms with Crippen LogP contribution in [0.5, 0.6) is 0 Å². The molecule has 10 heteroatoms. The van der Waals surface area contributed by atoms with Crippen LogP contribution in [0.25, 0.3) is 0 Å². The minimum atomic E-state index is -1.68. The lowest BCUT2D eigenvalue weighted by Gasteiger charge is -2.59. The Bertz CT molecular complexity index is 1780. The molecule has 0 aromatic heterocycles. The lowest BCUT2D eigenvalue weighted by Crippen LogP contribution is -2.61. The average molecular weight is 899 g/mol. The molecule has 6 rings (SSSR count). The maximum absolute atomic E-state index is 15.2. The average Bonchev–Trinajstić information content (AvgIpc) is 3.51. The highest BCUT2D eigenvalue weighted by atomic mass is 16.6. The number of carbonyl (C=O) groups is 4. The van der Waals surface area contributed by atoms with E-state index in [1.807, 2.05) is 55.4 Å². The summed E-state index contributed by atoms with van der Waals surface area (Å²) in [6, 6.07) is 0. The molecule has 10 unspecified atom stereocenters. The third-order valence-corrected chi connectivity index (χ3v) is 18.8. The summed E-state index contributed by atoms with van der Waals surface area (Å²) in [5.41, 5.74) is -7.75. The quantitative estimate of drug-likeness (QED) is 0.0872. The molecule has 1 aliphatic heterocycles. The van der Waals surface area contributed by atoms with E-state index in [4.69, 9.17) is 18.9 Å². The van der Waals surface area contributed by atoms with Gasteiger partial charge in [-0.1, -0.05) is 109 Å². The second-order valence-corrected chi connectivity index (χ2v) is 26.9. The van der Waals surface area contributed by atoms with Crippen molar-refractivity contribution in [2.45, 2.75) is 230 Å². The largest absolute Gasteiger partial charge is 0.463 e. The van der Waals surface area contributed by atoms with Gasteiger partial charge in [0.15, 0.2) is 0 Å². The Labute approximate surface area is 387 Å². The minimum absolute atomic E-state index is 0.0441. The molecule has 1 heterocycles. The first-order chi connectivity index (χ1) is 28.9. The van der Waals surface area contributed by atoms with Gasteiger partial charge in [0, 0.05) is 24.2 Å². The first kappa shape index (κ1) is 52.5. The van der Waals surface area contributed by atoms with Crippen LogP contribution in [0.2, 0.25) is 0 Å². The Kier molecular flexibility index (Phi) is 14.2. The first-order valence-electron chi connectivity index (χ1n) is 24.8. The molecule has 0 aromatic carbocycles. The highest BCUT2D eigenvalue weighted by molar-refractivity contribution is 5.82. The molecule has 0 amide bonds. The third-order valence-electron chi connectivity index (χ3n) is 18.8. The van der Waals surface area contributed by atoms with Gasteiger partial charge in [-0.2, -0.15) is 0 Å². The van der Waals surface area contributed by atoms with Crippen LogP contribution in [-0.2, 0) is 38.1 Å². The molecule has 6 aliphatic rings. The molecule has 6 fully saturated rings. The molecule has 10 nitrogen and oxygen atoms in total. The Morgan fingerprint density at radius 2 is 1.42 bits per heavy atom. The van der Waals surface area contributed by atoms with Crippen LogP contribution < -0.4 is 0 Å². The van der Waals surface area contributed by atoms with Crippen LogP contribution in [-0.4, -0.2) is 69.2 Å². The van der Waals surface area contributed by atoms with Crippen LogP contribution in [0.3, 0.4) is 0 Å². The highest BCUT2D eigenvalue weighted by Gasteiger charge is 2.63. The van der Waals surface area contributed by atoms with E-state index in [1.165, 1.54) is 0 Å². The van der Waals surface area contributed by atoms with Crippen molar-refractivity contribution in [3.63, 3.8) is 0 Å². The van der Waals surface area contributed by atoms with Crippen molar-refractivity contribution < 1.29 is 48.3 Å². The predicted molar refractivity (Wildman–Crippen MR) is 250 cm³/mol. The zero-order valence-electron chi connectivity index (χ0n) is 43.3. The van der Waals surface area contributed by atoms with Crippen molar-refractivity contribution in [1.29, 1.82) is 0 Å². The summed E-state index contributed by atoms with van der Waals surface area (Å²) in [6.07, 6.45) is 6.83. The van der Waals surface area contributed by atoms with Crippen LogP contribution in [0.4, 0.5) is 0 Å². The normalized spacial score (nSPS) is 34.0. The molecule has 4 bridgehead atoms. The van der Waals surface area contributed by atoms with E-state index in [0.29, 0.717) is 31.1 Å². The highest BCUT2D eigenvalue weighted by Crippen LogP contribution is 2.62. The number of allylic oxidation sites excluding steroid dienone is 1. The number of ether oxygens (including phenoxy) is 4. The van der Waals surface area contributed by atoms with Crippen molar-refractivity contribution >= 4 is 23.9 Å². The van der Waals surface area contributed by atoms with E-state index < -0.39 is 79.4 Å². The molecule has 5 aliphatic carbocycles. The summed E-state index contributed by atoms with van der Waals surface area (Å²) in [6.45, 7) is 38.7. The summed E-state index contributed by atoms with van der Waals surface area (Å²) < 4.78 is 24.7. The SMILES string of the molecule is C=C1CC(C)C(C)(OC(=O)C(C)(CC(C)(C)C)C(C)(C)C(C)(O)CC(C(=O)OC2CCOC2=O)C(C)(C)C(C)(C)CC(C(=O)OC23CC4CC(CC(O)(C4)C2)C3)C(C)(C)C)C(CC)C1. The fourth-order valence-corrected chi connectivity index (χ4v) is 13.5. The summed E-state index contributed by atoms with van der Waals surface area (Å²) in [7, 11) is 0. The molecule has 2 N–H and O–H groups in total. The zero-order chi connectivity index (χ0) is 48.7. The van der Waals surface area contributed by atoms with E-state index in [2.05, 4.69) is 62.0 Å². The maximum Gasteiger partial charge on any atom is 0.347 e. The van der Waals surface area contributed by atoms with Crippen molar-refractivity contribution in [2.75, 3.05) is 6.61 Å². The van der Waals surface area contributed by atoms with Crippen molar-refractivity contribution in [2.24, 2.45) is 68.0 Å². The topological polar surface area (TPSA) is 146 Å². The van der Waals surface area contributed by atoms with Crippen LogP contribution in [0.1, 0.15) is 201 Å². The third kappa shape index (κ3) is 10.0. The fourth-order valence-electron chi connectivity index (χ4n) is 13.5. The summed E-state index contributed by atoms with van der Waals surface area (Å²) in [5.74, 6) is -2.62. The molecule has 5 saturated carbocycles. The van der Waals surface area contributed by atoms with Gasteiger partial charge in [0.05, 0.1) is 35.1 Å². The van der Waals surface area contributed by atoms with Gasteiger partial charge < -0.3 is 29.2 Å². The van der Waals surface area contributed by atoms with Crippen molar-refractivity contribution in [3.8, 4) is 0 Å². The second-order valence-electron chi connectivity index (χ2n) is 26.9. The van der Waals surface area contributed by atoms with E-state index in [1.54, 1.807) is 6.92 Å². The second kappa shape index (κ2) is 17.3. The molecule has 0 radical (unpaired) electrons.